The van der Waals surface area contributed by atoms with E-state index >= 15 is 0 Å². The molecule has 0 aliphatic heterocycles. The fourth-order valence-corrected chi connectivity index (χ4v) is 6.31. The molecule has 0 spiro atoms. The lowest BCUT2D eigenvalue weighted by molar-refractivity contribution is -0.141. The highest BCUT2D eigenvalue weighted by Crippen LogP contribution is 2.28. The molecule has 7 nitrogen and oxygen atoms in total. The molecule has 3 aromatic carbocycles. The molecule has 0 radical (unpaired) electrons. The standard InChI is InChI=1S/C32H38Cl3N3O4S/c1-5-23(3)36-32(40)30(18-24-10-7-6-8-11-24)37(21-25-14-16-26(33)19-28(25)35)31(39)12-9-17-38(43(4,41)42)29-20-27(34)15-13-22(29)2/h6-8,10-11,13-16,19-20,23,30H,5,9,12,17-18,21H2,1-4H3,(H,36,40)/t23-,30-/m1/s1. The van der Waals surface area contributed by atoms with Crippen LogP contribution in [0.5, 0.6) is 0 Å². The van der Waals surface area contributed by atoms with Gasteiger partial charge in [-0.05, 0) is 67.6 Å². The molecule has 0 unspecified atom stereocenters. The maximum absolute atomic E-state index is 14.0. The fraction of sp³-hybridized carbons (Fsp3) is 0.375. The highest BCUT2D eigenvalue weighted by Gasteiger charge is 2.31. The van der Waals surface area contributed by atoms with Crippen LogP contribution in [0.1, 0.15) is 49.8 Å². The lowest BCUT2D eigenvalue weighted by Crippen LogP contribution is -2.52. The van der Waals surface area contributed by atoms with Gasteiger partial charge in [0.1, 0.15) is 6.04 Å². The van der Waals surface area contributed by atoms with Gasteiger partial charge in [-0.1, -0.05) is 84.2 Å². The van der Waals surface area contributed by atoms with Gasteiger partial charge >= 0.3 is 0 Å². The molecule has 2 amide bonds. The summed E-state index contributed by atoms with van der Waals surface area (Å²) in [4.78, 5) is 29.2. The Labute approximate surface area is 270 Å². The monoisotopic (exact) mass is 665 g/mol. The number of halogens is 3. The van der Waals surface area contributed by atoms with Crippen molar-refractivity contribution in [2.75, 3.05) is 17.1 Å². The van der Waals surface area contributed by atoms with Crippen LogP contribution < -0.4 is 9.62 Å². The third kappa shape index (κ3) is 10.1. The Hall–Kier alpha value is -2.78. The molecular weight excluding hydrogens is 629 g/mol. The van der Waals surface area contributed by atoms with Crippen molar-refractivity contribution in [3.8, 4) is 0 Å². The highest BCUT2D eigenvalue weighted by atomic mass is 35.5. The number of sulfonamides is 1. The van der Waals surface area contributed by atoms with Gasteiger partial charge in [0.2, 0.25) is 21.8 Å². The van der Waals surface area contributed by atoms with Crippen LogP contribution in [0, 0.1) is 6.92 Å². The zero-order valence-electron chi connectivity index (χ0n) is 24.8. The van der Waals surface area contributed by atoms with Gasteiger partial charge in [-0.3, -0.25) is 13.9 Å². The number of benzene rings is 3. The van der Waals surface area contributed by atoms with Gasteiger partial charge in [-0.25, -0.2) is 8.42 Å². The second-order valence-corrected chi connectivity index (χ2v) is 13.8. The summed E-state index contributed by atoms with van der Waals surface area (Å²) in [5.74, 6) is -0.577. The molecule has 0 heterocycles. The molecule has 0 bridgehead atoms. The van der Waals surface area contributed by atoms with E-state index in [2.05, 4.69) is 5.32 Å². The summed E-state index contributed by atoms with van der Waals surface area (Å²) in [6.45, 7) is 5.82. The summed E-state index contributed by atoms with van der Waals surface area (Å²) in [6, 6.07) is 18.7. The molecule has 1 N–H and O–H groups in total. The number of carbonyl (C=O) groups excluding carboxylic acids is 2. The molecule has 232 valence electrons. The third-order valence-corrected chi connectivity index (χ3v) is 9.22. The number of aryl methyl sites for hydroxylation is 1. The minimum atomic E-state index is -3.66. The molecule has 0 aliphatic rings. The molecule has 0 saturated carbocycles. The zero-order chi connectivity index (χ0) is 31.7. The summed E-state index contributed by atoms with van der Waals surface area (Å²) in [5, 5.41) is 4.28. The Morgan fingerprint density at radius 1 is 0.953 bits per heavy atom. The molecule has 11 heteroatoms. The molecule has 3 rings (SSSR count). The summed E-state index contributed by atoms with van der Waals surface area (Å²) in [7, 11) is -3.66. The van der Waals surface area contributed by atoms with Crippen LogP contribution in [0.2, 0.25) is 15.1 Å². The molecule has 3 aromatic rings. The normalized spacial score (nSPS) is 12.8. The third-order valence-electron chi connectivity index (χ3n) is 7.22. The van der Waals surface area contributed by atoms with Crippen molar-refractivity contribution in [3.05, 3.63) is 98.5 Å². The van der Waals surface area contributed by atoms with Crippen LogP contribution in [0.4, 0.5) is 5.69 Å². The van der Waals surface area contributed by atoms with Gasteiger partial charge in [0.05, 0.1) is 11.9 Å². The topological polar surface area (TPSA) is 86.8 Å². The maximum Gasteiger partial charge on any atom is 0.243 e. The van der Waals surface area contributed by atoms with Gasteiger partial charge in [-0.15, -0.1) is 0 Å². The summed E-state index contributed by atoms with van der Waals surface area (Å²) >= 11 is 18.8. The quantitative estimate of drug-likeness (QED) is 0.200. The van der Waals surface area contributed by atoms with Gasteiger partial charge in [-0.2, -0.15) is 0 Å². The Balaban J connectivity index is 1.94. The smallest absolute Gasteiger partial charge is 0.243 e. The maximum atomic E-state index is 14.0. The van der Waals surface area contributed by atoms with Crippen LogP contribution in [0.25, 0.3) is 0 Å². The lowest BCUT2D eigenvalue weighted by atomic mass is 10.0. The van der Waals surface area contributed by atoms with Crippen molar-refractivity contribution < 1.29 is 18.0 Å². The number of hydrogen-bond donors (Lipinski definition) is 1. The number of nitrogens with one attached hydrogen (secondary N) is 1. The first-order valence-corrected chi connectivity index (χ1v) is 17.1. The number of rotatable bonds is 14. The van der Waals surface area contributed by atoms with Gasteiger partial charge in [0.25, 0.3) is 0 Å². The number of anilines is 1. The van der Waals surface area contributed by atoms with Crippen LogP contribution in [-0.2, 0) is 32.6 Å². The predicted molar refractivity (Wildman–Crippen MR) is 176 cm³/mol. The van der Waals surface area contributed by atoms with E-state index in [0.29, 0.717) is 26.3 Å². The van der Waals surface area contributed by atoms with Crippen LogP contribution in [-0.4, -0.2) is 50.0 Å². The summed E-state index contributed by atoms with van der Waals surface area (Å²) in [5.41, 5.74) is 2.74. The molecule has 0 fully saturated rings. The first-order valence-electron chi connectivity index (χ1n) is 14.1. The SMILES string of the molecule is CC[C@@H](C)NC(=O)[C@@H](Cc1ccccc1)N(Cc1ccc(Cl)cc1Cl)C(=O)CCCN(c1cc(Cl)ccc1C)S(C)(=O)=O. The van der Waals surface area contributed by atoms with Crippen molar-refractivity contribution in [1.29, 1.82) is 0 Å². The highest BCUT2D eigenvalue weighted by molar-refractivity contribution is 7.92. The first kappa shape index (κ1) is 34.7. The van der Waals surface area contributed by atoms with E-state index in [1.165, 1.54) is 9.21 Å². The van der Waals surface area contributed by atoms with Crippen molar-refractivity contribution in [2.45, 2.75) is 65.1 Å². The Bertz CT molecular complexity index is 1520. The number of amides is 2. The van der Waals surface area contributed by atoms with Crippen molar-refractivity contribution in [1.82, 2.24) is 10.2 Å². The minimum absolute atomic E-state index is 0.00125. The average molecular weight is 667 g/mol. The second kappa shape index (κ2) is 15.8. The second-order valence-electron chi connectivity index (χ2n) is 10.7. The van der Waals surface area contributed by atoms with E-state index in [9.17, 15) is 18.0 Å². The molecule has 0 aromatic heterocycles. The average Bonchev–Trinajstić information content (AvgIpc) is 2.95. The minimum Gasteiger partial charge on any atom is -0.352 e. The van der Waals surface area contributed by atoms with E-state index < -0.39 is 16.1 Å². The Morgan fingerprint density at radius 2 is 1.60 bits per heavy atom. The molecular formula is C32H38Cl3N3O4S. The summed E-state index contributed by atoms with van der Waals surface area (Å²) in [6.07, 6.45) is 2.36. The van der Waals surface area contributed by atoms with Crippen LogP contribution >= 0.6 is 34.8 Å². The number of hydrogen-bond acceptors (Lipinski definition) is 4. The van der Waals surface area contributed by atoms with E-state index in [1.54, 1.807) is 43.3 Å². The van der Waals surface area contributed by atoms with Crippen molar-refractivity contribution in [2.24, 2.45) is 0 Å². The Morgan fingerprint density at radius 3 is 2.23 bits per heavy atom. The first-order chi connectivity index (χ1) is 20.3. The van der Waals surface area contributed by atoms with Gasteiger partial charge in [0, 0.05) is 47.0 Å². The molecule has 0 saturated heterocycles. The molecule has 2 atom stereocenters. The summed E-state index contributed by atoms with van der Waals surface area (Å²) < 4.78 is 26.8. The number of nitrogens with zero attached hydrogens (tertiary/aromatic N) is 2. The largest absolute Gasteiger partial charge is 0.352 e. The number of carbonyl (C=O) groups is 2. The molecule has 0 aliphatic carbocycles. The van der Waals surface area contributed by atoms with Crippen molar-refractivity contribution in [3.63, 3.8) is 0 Å². The van der Waals surface area contributed by atoms with E-state index in [4.69, 9.17) is 34.8 Å². The lowest BCUT2D eigenvalue weighted by Gasteiger charge is -2.33. The van der Waals surface area contributed by atoms with E-state index in [0.717, 1.165) is 23.8 Å². The van der Waals surface area contributed by atoms with Crippen molar-refractivity contribution >= 4 is 62.3 Å². The Kier molecular flexibility index (Phi) is 12.8. The van der Waals surface area contributed by atoms with Crippen LogP contribution in [0.3, 0.4) is 0 Å². The fourth-order valence-electron chi connectivity index (χ4n) is 4.66. The predicted octanol–water partition coefficient (Wildman–Crippen LogP) is 7.06. The molecule has 43 heavy (non-hydrogen) atoms. The van der Waals surface area contributed by atoms with Gasteiger partial charge in [0.15, 0.2) is 0 Å². The van der Waals surface area contributed by atoms with E-state index in [1.807, 2.05) is 44.2 Å². The zero-order valence-corrected chi connectivity index (χ0v) is 27.9. The van der Waals surface area contributed by atoms with E-state index in [-0.39, 0.29) is 50.2 Å². The van der Waals surface area contributed by atoms with Crippen LogP contribution in [0.15, 0.2) is 66.7 Å². The van der Waals surface area contributed by atoms with Gasteiger partial charge < -0.3 is 10.2 Å².